The first-order valence-corrected chi connectivity index (χ1v) is 7.32. The van der Waals surface area contributed by atoms with E-state index in [0.29, 0.717) is 10.6 Å². The van der Waals surface area contributed by atoms with Gasteiger partial charge in [-0.15, -0.1) is 0 Å². The molecular weight excluding hydrogens is 346 g/mol. The van der Waals surface area contributed by atoms with Crippen LogP contribution in [0.15, 0.2) is 22.7 Å². The number of aliphatic carboxylic acids is 1. The fourth-order valence-electron chi connectivity index (χ4n) is 1.71. The highest BCUT2D eigenvalue weighted by Gasteiger charge is 2.33. The van der Waals surface area contributed by atoms with Crippen LogP contribution in [-0.2, 0) is 4.79 Å². The molecule has 0 aromatic heterocycles. The van der Waals surface area contributed by atoms with Crippen molar-refractivity contribution in [3.63, 3.8) is 0 Å². The highest BCUT2D eigenvalue weighted by molar-refractivity contribution is 9.10. The lowest BCUT2D eigenvalue weighted by Gasteiger charge is -2.33. The van der Waals surface area contributed by atoms with Crippen molar-refractivity contribution < 1.29 is 14.7 Å². The second kappa shape index (κ2) is 6.59. The van der Waals surface area contributed by atoms with Crippen molar-refractivity contribution in [3.05, 3.63) is 33.3 Å². The van der Waals surface area contributed by atoms with Gasteiger partial charge in [0, 0.05) is 4.47 Å². The standard InChI is InChI=1S/C14H17BrClNO3/c1-8(2)14(3,7-12(18)19)17-13(20)10-5-4-9(15)6-11(10)16/h4-6,8H,7H2,1-3H3,(H,17,20)(H,18,19). The summed E-state index contributed by atoms with van der Waals surface area (Å²) in [6, 6.07) is 4.94. The van der Waals surface area contributed by atoms with Crippen molar-refractivity contribution in [2.45, 2.75) is 32.7 Å². The van der Waals surface area contributed by atoms with E-state index in [-0.39, 0.29) is 18.2 Å². The third-order valence-corrected chi connectivity index (χ3v) is 4.17. The van der Waals surface area contributed by atoms with E-state index in [1.165, 1.54) is 0 Å². The first-order valence-electron chi connectivity index (χ1n) is 6.15. The monoisotopic (exact) mass is 361 g/mol. The minimum absolute atomic E-state index is 0.0308. The highest BCUT2D eigenvalue weighted by atomic mass is 79.9. The van der Waals surface area contributed by atoms with Crippen LogP contribution in [0.4, 0.5) is 0 Å². The van der Waals surface area contributed by atoms with Gasteiger partial charge in [0.25, 0.3) is 5.91 Å². The van der Waals surface area contributed by atoms with Gasteiger partial charge in [0.05, 0.1) is 22.5 Å². The molecule has 0 fully saturated rings. The summed E-state index contributed by atoms with van der Waals surface area (Å²) in [5.41, 5.74) is -0.508. The van der Waals surface area contributed by atoms with Gasteiger partial charge in [-0.1, -0.05) is 41.4 Å². The van der Waals surface area contributed by atoms with Gasteiger partial charge in [0.15, 0.2) is 0 Å². The Kier molecular flexibility index (Phi) is 5.59. The zero-order chi connectivity index (χ0) is 15.5. The molecular formula is C14H17BrClNO3. The summed E-state index contributed by atoms with van der Waals surface area (Å²) in [6.07, 6.45) is -0.148. The van der Waals surface area contributed by atoms with E-state index in [4.69, 9.17) is 16.7 Å². The maximum atomic E-state index is 12.3. The topological polar surface area (TPSA) is 66.4 Å². The van der Waals surface area contributed by atoms with Crippen molar-refractivity contribution in [2.24, 2.45) is 5.92 Å². The van der Waals surface area contributed by atoms with E-state index in [1.54, 1.807) is 25.1 Å². The Morgan fingerprint density at radius 1 is 1.45 bits per heavy atom. The Bertz CT molecular complexity index is 533. The number of hydrogen-bond acceptors (Lipinski definition) is 2. The van der Waals surface area contributed by atoms with Gasteiger partial charge >= 0.3 is 5.97 Å². The number of halogens is 2. The van der Waals surface area contributed by atoms with Gasteiger partial charge in [0.1, 0.15) is 0 Å². The molecule has 110 valence electrons. The predicted molar refractivity (Wildman–Crippen MR) is 82.1 cm³/mol. The van der Waals surface area contributed by atoms with Crippen LogP contribution in [0.1, 0.15) is 37.6 Å². The first kappa shape index (κ1) is 17.0. The maximum absolute atomic E-state index is 12.3. The molecule has 2 N–H and O–H groups in total. The van der Waals surface area contributed by atoms with Crippen LogP contribution in [0.25, 0.3) is 0 Å². The third kappa shape index (κ3) is 4.21. The quantitative estimate of drug-likeness (QED) is 0.839. The average molecular weight is 363 g/mol. The van der Waals surface area contributed by atoms with Crippen LogP contribution in [0.2, 0.25) is 5.02 Å². The van der Waals surface area contributed by atoms with Crippen LogP contribution >= 0.6 is 27.5 Å². The lowest BCUT2D eigenvalue weighted by molar-refractivity contribution is -0.138. The largest absolute Gasteiger partial charge is 0.481 e. The second-order valence-corrected chi connectivity index (χ2v) is 6.54. The van der Waals surface area contributed by atoms with Gasteiger partial charge in [-0.3, -0.25) is 9.59 Å². The summed E-state index contributed by atoms with van der Waals surface area (Å²) >= 11 is 9.30. The number of benzene rings is 1. The van der Waals surface area contributed by atoms with E-state index in [9.17, 15) is 9.59 Å². The highest BCUT2D eigenvalue weighted by Crippen LogP contribution is 2.25. The molecule has 0 aliphatic rings. The van der Waals surface area contributed by atoms with Gasteiger partial charge in [-0.25, -0.2) is 0 Å². The summed E-state index contributed by atoms with van der Waals surface area (Å²) < 4.78 is 0.774. The molecule has 1 aromatic rings. The van der Waals surface area contributed by atoms with Crippen LogP contribution in [0.3, 0.4) is 0 Å². The van der Waals surface area contributed by atoms with Crippen LogP contribution in [0.5, 0.6) is 0 Å². The number of rotatable bonds is 5. The molecule has 4 nitrogen and oxygen atoms in total. The molecule has 1 atom stereocenters. The summed E-state index contributed by atoms with van der Waals surface area (Å²) in [5, 5.41) is 12.1. The van der Waals surface area contributed by atoms with Crippen molar-refractivity contribution in [1.82, 2.24) is 5.32 Å². The number of amides is 1. The van der Waals surface area contributed by atoms with Gasteiger partial charge in [-0.2, -0.15) is 0 Å². The van der Waals surface area contributed by atoms with E-state index >= 15 is 0 Å². The van der Waals surface area contributed by atoms with Gasteiger partial charge in [0.2, 0.25) is 0 Å². The fraction of sp³-hybridized carbons (Fsp3) is 0.429. The molecule has 6 heteroatoms. The van der Waals surface area contributed by atoms with Crippen molar-refractivity contribution in [2.75, 3.05) is 0 Å². The average Bonchev–Trinajstić information content (AvgIpc) is 2.26. The Labute approximate surface area is 131 Å². The van der Waals surface area contributed by atoms with Crippen molar-refractivity contribution >= 4 is 39.4 Å². The molecule has 0 aliphatic carbocycles. The van der Waals surface area contributed by atoms with Crippen LogP contribution in [-0.4, -0.2) is 22.5 Å². The maximum Gasteiger partial charge on any atom is 0.305 e. The Balaban J connectivity index is 2.99. The number of carbonyl (C=O) groups is 2. The van der Waals surface area contributed by atoms with E-state index in [1.807, 2.05) is 13.8 Å². The lowest BCUT2D eigenvalue weighted by Crippen LogP contribution is -2.51. The minimum atomic E-state index is -0.955. The number of carbonyl (C=O) groups excluding carboxylic acids is 1. The molecule has 0 aliphatic heterocycles. The molecule has 20 heavy (non-hydrogen) atoms. The molecule has 0 heterocycles. The molecule has 0 saturated heterocycles. The summed E-state index contributed by atoms with van der Waals surface area (Å²) in [5.74, 6) is -1.36. The number of hydrogen-bond donors (Lipinski definition) is 2. The third-order valence-electron chi connectivity index (χ3n) is 3.37. The van der Waals surface area contributed by atoms with E-state index in [2.05, 4.69) is 21.2 Å². The second-order valence-electron chi connectivity index (χ2n) is 5.22. The molecule has 1 unspecified atom stereocenters. The lowest BCUT2D eigenvalue weighted by atomic mass is 9.85. The van der Waals surface area contributed by atoms with E-state index < -0.39 is 11.5 Å². The minimum Gasteiger partial charge on any atom is -0.481 e. The summed E-state index contributed by atoms with van der Waals surface area (Å²) in [4.78, 5) is 23.2. The predicted octanol–water partition coefficient (Wildman–Crippen LogP) is 3.72. The van der Waals surface area contributed by atoms with Crippen LogP contribution in [0, 0.1) is 5.92 Å². The van der Waals surface area contributed by atoms with Gasteiger partial charge < -0.3 is 10.4 Å². The van der Waals surface area contributed by atoms with Crippen LogP contribution < -0.4 is 5.32 Å². The molecule has 0 spiro atoms. The SMILES string of the molecule is CC(C)C(C)(CC(=O)O)NC(=O)c1ccc(Br)cc1Cl. The summed E-state index contributed by atoms with van der Waals surface area (Å²) in [7, 11) is 0. The van der Waals surface area contributed by atoms with E-state index in [0.717, 1.165) is 4.47 Å². The molecule has 1 aromatic carbocycles. The zero-order valence-corrected chi connectivity index (χ0v) is 13.9. The molecule has 0 saturated carbocycles. The first-order chi connectivity index (χ1) is 9.15. The molecule has 1 rings (SSSR count). The molecule has 1 amide bonds. The Hall–Kier alpha value is -1.07. The summed E-state index contributed by atoms with van der Waals surface area (Å²) in [6.45, 7) is 5.45. The number of carboxylic acids is 1. The molecule has 0 bridgehead atoms. The normalized spacial score (nSPS) is 13.9. The van der Waals surface area contributed by atoms with Crippen molar-refractivity contribution in [1.29, 1.82) is 0 Å². The van der Waals surface area contributed by atoms with Gasteiger partial charge in [-0.05, 0) is 31.0 Å². The molecule has 0 radical (unpaired) electrons. The Morgan fingerprint density at radius 2 is 2.05 bits per heavy atom. The zero-order valence-electron chi connectivity index (χ0n) is 11.5. The smallest absolute Gasteiger partial charge is 0.305 e. The number of nitrogens with one attached hydrogen (secondary N) is 1. The fourth-order valence-corrected chi connectivity index (χ4v) is 2.47. The number of carboxylic acid groups (broad SMARTS) is 1. The van der Waals surface area contributed by atoms with Crippen molar-refractivity contribution in [3.8, 4) is 0 Å². The Morgan fingerprint density at radius 3 is 2.50 bits per heavy atom.